The molecule has 2 heterocycles. The highest BCUT2D eigenvalue weighted by Gasteiger charge is 2.25. The summed E-state index contributed by atoms with van der Waals surface area (Å²) < 4.78 is 5.41. The molecule has 0 saturated carbocycles. The molecule has 1 aromatic heterocycles. The summed E-state index contributed by atoms with van der Waals surface area (Å²) in [7, 11) is 0. The molecule has 1 aliphatic heterocycles. The zero-order valence-electron chi connectivity index (χ0n) is 11.0. The smallest absolute Gasteiger partial charge is 0.105 e. The topological polar surface area (TPSA) is 28.4 Å². The van der Waals surface area contributed by atoms with Crippen LogP contribution in [0.1, 0.15) is 32.4 Å². The van der Waals surface area contributed by atoms with Crippen molar-refractivity contribution in [1.29, 1.82) is 0 Å². The van der Waals surface area contributed by atoms with Crippen LogP contribution in [0.3, 0.4) is 0 Å². The monoisotopic (exact) mass is 236 g/mol. The van der Waals surface area contributed by atoms with E-state index < -0.39 is 0 Å². The number of hydrogen-bond donors (Lipinski definition) is 1. The average Bonchev–Trinajstić information content (AvgIpc) is 2.96. The second-order valence-corrected chi connectivity index (χ2v) is 5.07. The van der Waals surface area contributed by atoms with Gasteiger partial charge in [-0.3, -0.25) is 4.90 Å². The van der Waals surface area contributed by atoms with Crippen molar-refractivity contribution in [2.45, 2.75) is 45.2 Å². The van der Waals surface area contributed by atoms with Crippen molar-refractivity contribution in [3.8, 4) is 0 Å². The van der Waals surface area contributed by atoms with E-state index in [0.717, 1.165) is 18.7 Å². The van der Waals surface area contributed by atoms with Gasteiger partial charge in [-0.05, 0) is 38.4 Å². The highest BCUT2D eigenvalue weighted by molar-refractivity contribution is 5.00. The Morgan fingerprint density at radius 1 is 1.59 bits per heavy atom. The minimum absolute atomic E-state index is 0.578. The largest absolute Gasteiger partial charge is 0.469 e. The van der Waals surface area contributed by atoms with E-state index in [4.69, 9.17) is 4.42 Å². The molecule has 1 saturated heterocycles. The molecule has 3 nitrogen and oxygen atoms in total. The first kappa shape index (κ1) is 12.7. The van der Waals surface area contributed by atoms with E-state index in [-0.39, 0.29) is 0 Å². The van der Waals surface area contributed by atoms with Crippen LogP contribution in [-0.2, 0) is 6.42 Å². The molecule has 17 heavy (non-hydrogen) atoms. The molecule has 1 aromatic rings. The summed E-state index contributed by atoms with van der Waals surface area (Å²) in [5, 5.41) is 3.61. The molecule has 1 fully saturated rings. The fraction of sp³-hybridized carbons (Fsp3) is 0.714. The molecule has 0 aliphatic carbocycles. The summed E-state index contributed by atoms with van der Waals surface area (Å²) in [6, 6.07) is 5.31. The predicted molar refractivity (Wildman–Crippen MR) is 70.1 cm³/mol. The Balaban J connectivity index is 1.75. The SMILES string of the molecule is CCCNC1CCN(C(C)Cc2ccco2)C1. The molecule has 0 spiro atoms. The Labute approximate surface area is 104 Å². The van der Waals surface area contributed by atoms with Crippen LogP contribution < -0.4 is 5.32 Å². The van der Waals surface area contributed by atoms with Crippen LogP contribution >= 0.6 is 0 Å². The van der Waals surface area contributed by atoms with Gasteiger partial charge in [0.15, 0.2) is 0 Å². The van der Waals surface area contributed by atoms with Crippen molar-refractivity contribution >= 4 is 0 Å². The Hall–Kier alpha value is -0.800. The van der Waals surface area contributed by atoms with Gasteiger partial charge in [-0.25, -0.2) is 0 Å². The first-order valence-corrected chi connectivity index (χ1v) is 6.79. The van der Waals surface area contributed by atoms with Gasteiger partial charge in [0.25, 0.3) is 0 Å². The van der Waals surface area contributed by atoms with Crippen molar-refractivity contribution in [3.63, 3.8) is 0 Å². The Morgan fingerprint density at radius 2 is 2.47 bits per heavy atom. The second-order valence-electron chi connectivity index (χ2n) is 5.07. The van der Waals surface area contributed by atoms with E-state index in [1.165, 1.54) is 25.9 Å². The maximum Gasteiger partial charge on any atom is 0.105 e. The predicted octanol–water partition coefficient (Wildman–Crippen LogP) is 2.28. The summed E-state index contributed by atoms with van der Waals surface area (Å²) in [6.07, 6.45) is 5.28. The summed E-state index contributed by atoms with van der Waals surface area (Å²) in [5.74, 6) is 1.10. The maximum absolute atomic E-state index is 5.41. The number of likely N-dealkylation sites (tertiary alicyclic amines) is 1. The minimum Gasteiger partial charge on any atom is -0.469 e. The van der Waals surface area contributed by atoms with Gasteiger partial charge >= 0.3 is 0 Å². The third kappa shape index (κ3) is 3.58. The van der Waals surface area contributed by atoms with E-state index >= 15 is 0 Å². The second kappa shape index (κ2) is 6.22. The molecule has 1 N–H and O–H groups in total. The van der Waals surface area contributed by atoms with Crippen LogP contribution in [-0.4, -0.2) is 36.6 Å². The van der Waals surface area contributed by atoms with Gasteiger partial charge in [-0.2, -0.15) is 0 Å². The lowest BCUT2D eigenvalue weighted by Gasteiger charge is -2.23. The summed E-state index contributed by atoms with van der Waals surface area (Å²) in [4.78, 5) is 2.57. The lowest BCUT2D eigenvalue weighted by molar-refractivity contribution is 0.241. The first-order valence-electron chi connectivity index (χ1n) is 6.79. The molecule has 0 aromatic carbocycles. The van der Waals surface area contributed by atoms with Gasteiger partial charge in [-0.1, -0.05) is 6.92 Å². The van der Waals surface area contributed by atoms with Crippen molar-refractivity contribution in [2.75, 3.05) is 19.6 Å². The molecule has 2 unspecified atom stereocenters. The fourth-order valence-corrected chi connectivity index (χ4v) is 2.55. The van der Waals surface area contributed by atoms with Crippen LogP contribution in [0.5, 0.6) is 0 Å². The standard InChI is InChI=1S/C14H24N2O/c1-3-7-15-13-6-8-16(11-13)12(2)10-14-5-4-9-17-14/h4-5,9,12-13,15H,3,6-8,10-11H2,1-2H3. The molecule has 2 atom stereocenters. The number of nitrogens with zero attached hydrogens (tertiary/aromatic N) is 1. The third-order valence-electron chi connectivity index (χ3n) is 3.60. The van der Waals surface area contributed by atoms with Crippen molar-refractivity contribution in [1.82, 2.24) is 10.2 Å². The van der Waals surface area contributed by atoms with Gasteiger partial charge in [-0.15, -0.1) is 0 Å². The highest BCUT2D eigenvalue weighted by Crippen LogP contribution is 2.16. The number of hydrogen-bond acceptors (Lipinski definition) is 3. The van der Waals surface area contributed by atoms with Crippen LogP contribution in [0, 0.1) is 0 Å². The van der Waals surface area contributed by atoms with Gasteiger partial charge < -0.3 is 9.73 Å². The molecular formula is C14H24N2O. The quantitative estimate of drug-likeness (QED) is 0.821. The van der Waals surface area contributed by atoms with Crippen LogP contribution in [0.4, 0.5) is 0 Å². The van der Waals surface area contributed by atoms with E-state index in [0.29, 0.717) is 12.1 Å². The van der Waals surface area contributed by atoms with Crippen molar-refractivity contribution in [3.05, 3.63) is 24.2 Å². The first-order chi connectivity index (χ1) is 8.29. The minimum atomic E-state index is 0.578. The van der Waals surface area contributed by atoms with E-state index in [9.17, 15) is 0 Å². The van der Waals surface area contributed by atoms with E-state index in [1.807, 2.05) is 6.07 Å². The Bertz CT molecular complexity index is 310. The molecule has 96 valence electrons. The van der Waals surface area contributed by atoms with Gasteiger partial charge in [0.2, 0.25) is 0 Å². The summed E-state index contributed by atoms with van der Waals surface area (Å²) in [6.45, 7) is 8.06. The average molecular weight is 236 g/mol. The van der Waals surface area contributed by atoms with Crippen LogP contribution in [0.15, 0.2) is 22.8 Å². The third-order valence-corrected chi connectivity index (χ3v) is 3.60. The number of rotatable bonds is 6. The number of furan rings is 1. The molecule has 3 heteroatoms. The lowest BCUT2D eigenvalue weighted by atomic mass is 10.2. The van der Waals surface area contributed by atoms with Gasteiger partial charge in [0.05, 0.1) is 6.26 Å². The fourth-order valence-electron chi connectivity index (χ4n) is 2.55. The summed E-state index contributed by atoms with van der Waals surface area (Å²) >= 11 is 0. The zero-order chi connectivity index (χ0) is 12.1. The van der Waals surface area contributed by atoms with Crippen LogP contribution in [0.2, 0.25) is 0 Å². The van der Waals surface area contributed by atoms with Gasteiger partial charge in [0, 0.05) is 31.6 Å². The molecule has 2 rings (SSSR count). The van der Waals surface area contributed by atoms with E-state index in [2.05, 4.69) is 30.1 Å². The Morgan fingerprint density at radius 3 is 3.18 bits per heavy atom. The van der Waals surface area contributed by atoms with Crippen molar-refractivity contribution in [2.24, 2.45) is 0 Å². The molecular weight excluding hydrogens is 212 g/mol. The van der Waals surface area contributed by atoms with Crippen molar-refractivity contribution < 1.29 is 4.42 Å². The normalized spacial score (nSPS) is 23.1. The zero-order valence-corrected chi connectivity index (χ0v) is 11.0. The number of nitrogens with one attached hydrogen (secondary N) is 1. The molecule has 1 aliphatic rings. The molecule has 0 radical (unpaired) electrons. The van der Waals surface area contributed by atoms with E-state index in [1.54, 1.807) is 6.26 Å². The molecule has 0 bridgehead atoms. The van der Waals surface area contributed by atoms with Crippen LogP contribution in [0.25, 0.3) is 0 Å². The Kier molecular flexibility index (Phi) is 4.63. The molecule has 0 amide bonds. The summed E-state index contributed by atoms with van der Waals surface area (Å²) in [5.41, 5.74) is 0. The maximum atomic E-state index is 5.41. The highest BCUT2D eigenvalue weighted by atomic mass is 16.3. The lowest BCUT2D eigenvalue weighted by Crippen LogP contribution is -2.37. The van der Waals surface area contributed by atoms with Gasteiger partial charge in [0.1, 0.15) is 5.76 Å².